The molecule has 0 spiro atoms. The summed E-state index contributed by atoms with van der Waals surface area (Å²) in [4.78, 5) is 44.7. The van der Waals surface area contributed by atoms with Crippen LogP contribution in [-0.2, 0) is 20.7 Å². The van der Waals surface area contributed by atoms with E-state index in [9.17, 15) is 14.4 Å². The van der Waals surface area contributed by atoms with Gasteiger partial charge in [-0.05, 0) is 72.8 Å². The molecule has 0 saturated carbocycles. The molecule has 1 saturated heterocycles. The predicted molar refractivity (Wildman–Crippen MR) is 166 cm³/mol. The lowest BCUT2D eigenvalue weighted by atomic mass is 9.97. The van der Waals surface area contributed by atoms with Crippen molar-refractivity contribution < 1.29 is 23.9 Å². The second kappa shape index (κ2) is 11.9. The predicted octanol–water partition coefficient (Wildman–Crippen LogP) is 3.55. The first-order valence-electron chi connectivity index (χ1n) is 14.4. The molecule has 10 heteroatoms. The van der Waals surface area contributed by atoms with E-state index in [-0.39, 0.29) is 11.8 Å². The van der Waals surface area contributed by atoms with E-state index in [1.807, 2.05) is 42.5 Å². The number of benzene rings is 3. The maximum atomic E-state index is 13.4. The van der Waals surface area contributed by atoms with E-state index in [0.29, 0.717) is 41.2 Å². The maximum Gasteiger partial charge on any atom is 0.337 e. The molecular weight excluding hydrogens is 546 g/mol. The number of piperazine rings is 1. The SMILES string of the molecule is COC(=O)c1ccc2c(c1)NC(=O)/C2=C(\Nc1ccc(N(C)C(=O)CN2CCN(C)CC2)cc1)c1ccc2c(c1)CCO2. The van der Waals surface area contributed by atoms with Gasteiger partial charge < -0.3 is 29.9 Å². The molecular formula is C33H35N5O5. The number of anilines is 3. The quantitative estimate of drug-likeness (QED) is 0.323. The lowest BCUT2D eigenvalue weighted by Crippen LogP contribution is -2.48. The summed E-state index contributed by atoms with van der Waals surface area (Å²) in [5, 5.41) is 6.39. The number of rotatable bonds is 7. The normalized spacial score (nSPS) is 17.4. The van der Waals surface area contributed by atoms with E-state index in [2.05, 4.69) is 27.5 Å². The van der Waals surface area contributed by atoms with Crippen molar-refractivity contribution in [2.24, 2.45) is 0 Å². The summed E-state index contributed by atoms with van der Waals surface area (Å²) in [5.41, 5.74) is 6.14. The van der Waals surface area contributed by atoms with Crippen molar-refractivity contribution >= 4 is 46.1 Å². The molecule has 3 aliphatic heterocycles. The van der Waals surface area contributed by atoms with Gasteiger partial charge in [-0.15, -0.1) is 0 Å². The van der Waals surface area contributed by atoms with E-state index in [0.717, 1.165) is 60.9 Å². The molecule has 1 fully saturated rings. The number of hydrogen-bond acceptors (Lipinski definition) is 8. The molecule has 10 nitrogen and oxygen atoms in total. The van der Waals surface area contributed by atoms with Crippen LogP contribution in [0.3, 0.4) is 0 Å². The lowest BCUT2D eigenvalue weighted by Gasteiger charge is -2.32. The highest BCUT2D eigenvalue weighted by Crippen LogP contribution is 2.39. The Morgan fingerprint density at radius 3 is 2.49 bits per heavy atom. The van der Waals surface area contributed by atoms with E-state index in [1.54, 1.807) is 30.1 Å². The van der Waals surface area contributed by atoms with Gasteiger partial charge in [0.1, 0.15) is 5.75 Å². The molecule has 2 amide bonds. The van der Waals surface area contributed by atoms with Gasteiger partial charge in [0.05, 0.1) is 42.8 Å². The molecule has 0 radical (unpaired) electrons. The summed E-state index contributed by atoms with van der Waals surface area (Å²) >= 11 is 0. The Morgan fingerprint density at radius 1 is 1.00 bits per heavy atom. The van der Waals surface area contributed by atoms with Crippen LogP contribution in [0.5, 0.6) is 5.75 Å². The van der Waals surface area contributed by atoms with Crippen LogP contribution in [0, 0.1) is 0 Å². The van der Waals surface area contributed by atoms with Gasteiger partial charge >= 0.3 is 5.97 Å². The van der Waals surface area contributed by atoms with Crippen LogP contribution < -0.4 is 20.3 Å². The summed E-state index contributed by atoms with van der Waals surface area (Å²) in [6.07, 6.45) is 0.792. The number of nitrogens with one attached hydrogen (secondary N) is 2. The molecule has 0 aliphatic carbocycles. The number of fused-ring (bicyclic) bond motifs is 2. The van der Waals surface area contributed by atoms with Crippen molar-refractivity contribution in [1.82, 2.24) is 9.80 Å². The zero-order valence-corrected chi connectivity index (χ0v) is 24.6. The van der Waals surface area contributed by atoms with Crippen molar-refractivity contribution in [2.75, 3.05) is 76.1 Å². The van der Waals surface area contributed by atoms with Crippen LogP contribution in [0.1, 0.15) is 27.0 Å². The standard InChI is InChI=1S/C33H35N5O5/c1-36-13-15-38(16-14-36)20-29(39)37(2)25-8-6-24(7-9-25)34-31(22-5-11-28-21(18-22)12-17-43-28)30-26-10-4-23(33(41)42-3)19-27(26)35-32(30)40/h4-11,18-19,34H,12-17,20H2,1-3H3,(H,35,40)/b31-30-. The molecule has 0 aromatic heterocycles. The summed E-state index contributed by atoms with van der Waals surface area (Å²) in [6, 6.07) is 18.6. The fourth-order valence-electron chi connectivity index (χ4n) is 5.65. The second-order valence-corrected chi connectivity index (χ2v) is 11.1. The van der Waals surface area contributed by atoms with Gasteiger partial charge in [0.2, 0.25) is 5.91 Å². The van der Waals surface area contributed by atoms with E-state index >= 15 is 0 Å². The molecule has 222 valence electrons. The minimum Gasteiger partial charge on any atom is -0.493 e. The van der Waals surface area contributed by atoms with Crippen molar-refractivity contribution in [3.63, 3.8) is 0 Å². The number of ether oxygens (including phenoxy) is 2. The van der Waals surface area contributed by atoms with Crippen molar-refractivity contribution in [3.05, 3.63) is 82.9 Å². The molecule has 0 bridgehead atoms. The summed E-state index contributed by atoms with van der Waals surface area (Å²) in [6.45, 7) is 4.69. The lowest BCUT2D eigenvalue weighted by molar-refractivity contribution is -0.119. The number of carbonyl (C=O) groups is 3. The monoisotopic (exact) mass is 581 g/mol. The largest absolute Gasteiger partial charge is 0.493 e. The van der Waals surface area contributed by atoms with Gasteiger partial charge in [0.15, 0.2) is 0 Å². The van der Waals surface area contributed by atoms with Crippen molar-refractivity contribution in [3.8, 4) is 5.75 Å². The Bertz CT molecular complexity index is 1610. The summed E-state index contributed by atoms with van der Waals surface area (Å²) in [5.74, 6) is 0.139. The van der Waals surface area contributed by atoms with Crippen LogP contribution in [0.2, 0.25) is 0 Å². The average Bonchev–Trinajstić information content (AvgIpc) is 3.63. The Hall–Kier alpha value is -4.67. The first-order valence-corrected chi connectivity index (χ1v) is 14.4. The molecule has 0 unspecified atom stereocenters. The number of methoxy groups -OCH3 is 1. The molecule has 3 aromatic carbocycles. The highest BCUT2D eigenvalue weighted by molar-refractivity contribution is 6.37. The zero-order valence-electron chi connectivity index (χ0n) is 24.6. The smallest absolute Gasteiger partial charge is 0.337 e. The first kappa shape index (κ1) is 28.4. The first-order chi connectivity index (χ1) is 20.8. The van der Waals surface area contributed by atoms with Crippen LogP contribution >= 0.6 is 0 Å². The molecule has 2 N–H and O–H groups in total. The number of carbonyl (C=O) groups excluding carboxylic acids is 3. The highest BCUT2D eigenvalue weighted by Gasteiger charge is 2.30. The number of likely N-dealkylation sites (N-methyl/N-ethyl adjacent to an activating group) is 2. The number of esters is 1. The topological polar surface area (TPSA) is 103 Å². The van der Waals surface area contributed by atoms with Gasteiger partial charge in [-0.1, -0.05) is 6.07 Å². The number of hydrogen-bond donors (Lipinski definition) is 2. The Balaban J connectivity index is 1.29. The number of nitrogens with zero attached hydrogens (tertiary/aromatic N) is 3. The van der Waals surface area contributed by atoms with E-state index < -0.39 is 5.97 Å². The minimum atomic E-state index is -0.474. The van der Waals surface area contributed by atoms with Crippen LogP contribution in [0.25, 0.3) is 11.3 Å². The van der Waals surface area contributed by atoms with Gasteiger partial charge in [-0.3, -0.25) is 14.5 Å². The number of amides is 2. The molecule has 3 aliphatic rings. The van der Waals surface area contributed by atoms with E-state index in [1.165, 1.54) is 7.11 Å². The molecule has 6 rings (SSSR count). The average molecular weight is 582 g/mol. The maximum absolute atomic E-state index is 13.4. The van der Waals surface area contributed by atoms with Crippen LogP contribution in [-0.4, -0.2) is 88.1 Å². The molecule has 0 atom stereocenters. The van der Waals surface area contributed by atoms with Crippen molar-refractivity contribution in [2.45, 2.75) is 6.42 Å². The Morgan fingerprint density at radius 2 is 1.74 bits per heavy atom. The fraction of sp³-hybridized carbons (Fsp3) is 0.303. The second-order valence-electron chi connectivity index (χ2n) is 11.1. The van der Waals surface area contributed by atoms with Crippen molar-refractivity contribution in [1.29, 1.82) is 0 Å². The van der Waals surface area contributed by atoms with Gasteiger partial charge in [-0.25, -0.2) is 4.79 Å². The van der Waals surface area contributed by atoms with Gasteiger partial charge in [0, 0.05) is 56.6 Å². The third-order valence-corrected chi connectivity index (χ3v) is 8.27. The Labute approximate surface area is 250 Å². The van der Waals surface area contributed by atoms with Crippen LogP contribution in [0.4, 0.5) is 17.1 Å². The van der Waals surface area contributed by atoms with Gasteiger partial charge in [-0.2, -0.15) is 0 Å². The summed E-state index contributed by atoms with van der Waals surface area (Å²) < 4.78 is 10.6. The third-order valence-electron chi connectivity index (χ3n) is 8.27. The molecule has 43 heavy (non-hydrogen) atoms. The van der Waals surface area contributed by atoms with Crippen LogP contribution in [0.15, 0.2) is 60.7 Å². The molecule has 3 heterocycles. The Kier molecular flexibility index (Phi) is 7.88. The summed E-state index contributed by atoms with van der Waals surface area (Å²) in [7, 11) is 5.22. The highest BCUT2D eigenvalue weighted by atomic mass is 16.5. The molecule has 3 aromatic rings. The van der Waals surface area contributed by atoms with Gasteiger partial charge in [0.25, 0.3) is 5.91 Å². The van der Waals surface area contributed by atoms with E-state index in [4.69, 9.17) is 9.47 Å². The third kappa shape index (κ3) is 5.84. The minimum absolute atomic E-state index is 0.0407. The fourth-order valence-corrected chi connectivity index (χ4v) is 5.65. The zero-order chi connectivity index (χ0) is 30.1.